The third-order valence-electron chi connectivity index (χ3n) is 1.99. The Labute approximate surface area is 90.9 Å². The van der Waals surface area contributed by atoms with Gasteiger partial charge in [0.15, 0.2) is 12.1 Å². The molecule has 2 aromatic rings. The molecule has 0 unspecified atom stereocenters. The lowest BCUT2D eigenvalue weighted by atomic mass is 10.3. The zero-order valence-corrected chi connectivity index (χ0v) is 8.58. The normalized spacial score (nSPS) is 10.3. The van der Waals surface area contributed by atoms with Crippen molar-refractivity contribution in [2.45, 2.75) is 13.5 Å². The van der Waals surface area contributed by atoms with Gasteiger partial charge in [-0.15, -0.1) is 0 Å². The van der Waals surface area contributed by atoms with Gasteiger partial charge in [0.05, 0.1) is 0 Å². The predicted octanol–water partition coefficient (Wildman–Crippen LogP) is 0.934. The average Bonchev–Trinajstić information content (AvgIpc) is 2.87. The fourth-order valence-electron chi connectivity index (χ4n) is 1.23. The lowest BCUT2D eigenvalue weighted by Gasteiger charge is -1.95. The molecule has 16 heavy (non-hydrogen) atoms. The Morgan fingerprint density at radius 3 is 3.00 bits per heavy atom. The van der Waals surface area contributed by atoms with Gasteiger partial charge in [0.2, 0.25) is 5.89 Å². The van der Waals surface area contributed by atoms with Crippen molar-refractivity contribution in [1.82, 2.24) is 14.8 Å². The molecule has 2 rings (SSSR count). The van der Waals surface area contributed by atoms with Gasteiger partial charge in [-0.05, 0) is 6.07 Å². The molecule has 0 aliphatic carbocycles. The van der Waals surface area contributed by atoms with Crippen LogP contribution in [0.15, 0.2) is 22.9 Å². The zero-order chi connectivity index (χ0) is 11.5. The highest BCUT2D eigenvalue weighted by Gasteiger charge is 2.07. The maximum atomic E-state index is 11.0. The molecule has 0 bridgehead atoms. The van der Waals surface area contributed by atoms with Crippen molar-refractivity contribution in [3.63, 3.8) is 0 Å². The number of aldehydes is 1. The number of nitrogens with zero attached hydrogens (tertiary/aromatic N) is 3. The largest absolute Gasteiger partial charge is 0.446 e. The molecular weight excluding hydrogens is 210 g/mol. The molecule has 0 spiro atoms. The van der Waals surface area contributed by atoms with Gasteiger partial charge < -0.3 is 4.42 Å². The van der Waals surface area contributed by atoms with Crippen molar-refractivity contribution in [2.24, 2.45) is 0 Å². The Hall–Kier alpha value is -2.24. The van der Waals surface area contributed by atoms with Gasteiger partial charge in [-0.25, -0.2) is 4.98 Å². The number of carbonyl (C=O) groups is 2. The second-order valence-corrected chi connectivity index (χ2v) is 3.24. The van der Waals surface area contributed by atoms with Crippen molar-refractivity contribution in [1.29, 1.82) is 0 Å². The fourth-order valence-corrected chi connectivity index (χ4v) is 1.23. The molecule has 6 nitrogen and oxygen atoms in total. The van der Waals surface area contributed by atoms with E-state index in [0.29, 0.717) is 24.4 Å². The number of ketones is 1. The first-order chi connectivity index (χ1) is 7.69. The summed E-state index contributed by atoms with van der Waals surface area (Å²) in [6.07, 6.45) is 3.54. The molecule has 0 atom stereocenters. The predicted molar refractivity (Wildman–Crippen MR) is 53.2 cm³/mol. The molecule has 2 aromatic heterocycles. The van der Waals surface area contributed by atoms with Crippen LogP contribution in [-0.4, -0.2) is 26.8 Å². The SMILES string of the molecule is CC(=O)c1ccn(Cc2nc(C=O)co2)n1. The molecule has 0 aliphatic rings. The summed E-state index contributed by atoms with van der Waals surface area (Å²) in [6, 6.07) is 1.62. The monoisotopic (exact) mass is 219 g/mol. The van der Waals surface area contributed by atoms with Gasteiger partial charge in [0, 0.05) is 13.1 Å². The first-order valence-electron chi connectivity index (χ1n) is 4.63. The molecule has 0 aliphatic heterocycles. The number of rotatable bonds is 4. The maximum Gasteiger partial charge on any atom is 0.216 e. The molecule has 0 saturated carbocycles. The van der Waals surface area contributed by atoms with Crippen molar-refractivity contribution >= 4 is 12.1 Å². The summed E-state index contributed by atoms with van der Waals surface area (Å²) >= 11 is 0. The van der Waals surface area contributed by atoms with Crippen LogP contribution in [0.3, 0.4) is 0 Å². The van der Waals surface area contributed by atoms with E-state index in [1.54, 1.807) is 12.3 Å². The second-order valence-electron chi connectivity index (χ2n) is 3.24. The van der Waals surface area contributed by atoms with E-state index < -0.39 is 0 Å². The van der Waals surface area contributed by atoms with E-state index in [1.807, 2.05) is 0 Å². The summed E-state index contributed by atoms with van der Waals surface area (Å²) in [6.45, 7) is 1.74. The minimum Gasteiger partial charge on any atom is -0.446 e. The van der Waals surface area contributed by atoms with Gasteiger partial charge in [-0.2, -0.15) is 5.10 Å². The summed E-state index contributed by atoms with van der Waals surface area (Å²) in [5.41, 5.74) is 0.635. The highest BCUT2D eigenvalue weighted by Crippen LogP contribution is 2.03. The Morgan fingerprint density at radius 2 is 2.44 bits per heavy atom. The molecule has 0 amide bonds. The quantitative estimate of drug-likeness (QED) is 0.564. The van der Waals surface area contributed by atoms with E-state index in [0.717, 1.165) is 0 Å². The van der Waals surface area contributed by atoms with Gasteiger partial charge in [0.1, 0.15) is 24.2 Å². The van der Waals surface area contributed by atoms with Crippen molar-refractivity contribution < 1.29 is 14.0 Å². The Kier molecular flexibility index (Phi) is 2.63. The van der Waals surface area contributed by atoms with Crippen LogP contribution in [0.2, 0.25) is 0 Å². The van der Waals surface area contributed by atoms with Gasteiger partial charge in [0.25, 0.3) is 0 Å². The standard InChI is InChI=1S/C10H9N3O3/c1-7(15)9-2-3-13(12-9)4-10-11-8(5-14)6-16-10/h2-3,5-6H,4H2,1H3. The third-order valence-corrected chi connectivity index (χ3v) is 1.99. The zero-order valence-electron chi connectivity index (χ0n) is 8.58. The lowest BCUT2D eigenvalue weighted by Crippen LogP contribution is -2.03. The second kappa shape index (κ2) is 4.09. The van der Waals surface area contributed by atoms with Crippen molar-refractivity contribution in [3.8, 4) is 0 Å². The first kappa shape index (κ1) is 10.3. The summed E-state index contributed by atoms with van der Waals surface area (Å²) < 4.78 is 6.57. The van der Waals surface area contributed by atoms with Crippen LogP contribution in [-0.2, 0) is 6.54 Å². The van der Waals surface area contributed by atoms with E-state index in [4.69, 9.17) is 4.42 Å². The molecular formula is C10H9N3O3. The van der Waals surface area contributed by atoms with Gasteiger partial charge in [-0.3, -0.25) is 14.3 Å². The van der Waals surface area contributed by atoms with Crippen LogP contribution in [0.1, 0.15) is 33.8 Å². The van der Waals surface area contributed by atoms with Crippen LogP contribution in [0.4, 0.5) is 0 Å². The Morgan fingerprint density at radius 1 is 1.62 bits per heavy atom. The van der Waals surface area contributed by atoms with Crippen LogP contribution in [0.5, 0.6) is 0 Å². The van der Waals surface area contributed by atoms with Crippen LogP contribution >= 0.6 is 0 Å². The molecule has 0 fully saturated rings. The highest BCUT2D eigenvalue weighted by atomic mass is 16.3. The number of oxazole rings is 1. The van der Waals surface area contributed by atoms with E-state index in [2.05, 4.69) is 10.1 Å². The number of Topliss-reactive ketones (excluding diaryl/α,β-unsaturated/α-hetero) is 1. The Bertz CT molecular complexity index is 527. The molecule has 2 heterocycles. The molecule has 0 saturated heterocycles. The number of carbonyl (C=O) groups excluding carboxylic acids is 2. The first-order valence-corrected chi connectivity index (χ1v) is 4.63. The van der Waals surface area contributed by atoms with Crippen molar-refractivity contribution in [2.75, 3.05) is 0 Å². The molecule has 0 aromatic carbocycles. The minimum atomic E-state index is -0.0975. The lowest BCUT2D eigenvalue weighted by molar-refractivity contribution is 0.101. The average molecular weight is 219 g/mol. The van der Waals surface area contributed by atoms with E-state index in [1.165, 1.54) is 17.9 Å². The van der Waals surface area contributed by atoms with Crippen molar-refractivity contribution in [3.05, 3.63) is 35.8 Å². The molecule has 6 heteroatoms. The summed E-state index contributed by atoms with van der Waals surface area (Å²) in [5.74, 6) is 0.278. The summed E-state index contributed by atoms with van der Waals surface area (Å²) in [4.78, 5) is 25.3. The van der Waals surface area contributed by atoms with E-state index in [9.17, 15) is 9.59 Å². The topological polar surface area (TPSA) is 78.0 Å². The number of aromatic nitrogens is 3. The molecule has 82 valence electrons. The van der Waals surface area contributed by atoms with Gasteiger partial charge in [-0.1, -0.05) is 0 Å². The van der Waals surface area contributed by atoms with E-state index in [-0.39, 0.29) is 11.5 Å². The van der Waals surface area contributed by atoms with Gasteiger partial charge >= 0.3 is 0 Å². The molecule has 0 N–H and O–H groups in total. The summed E-state index contributed by atoms with van der Waals surface area (Å²) in [7, 11) is 0. The maximum absolute atomic E-state index is 11.0. The summed E-state index contributed by atoms with van der Waals surface area (Å²) in [5, 5.41) is 4.02. The van der Waals surface area contributed by atoms with Crippen LogP contribution in [0.25, 0.3) is 0 Å². The van der Waals surface area contributed by atoms with Crippen LogP contribution < -0.4 is 0 Å². The van der Waals surface area contributed by atoms with E-state index >= 15 is 0 Å². The minimum absolute atomic E-state index is 0.0975. The third kappa shape index (κ3) is 2.05. The highest BCUT2D eigenvalue weighted by molar-refractivity contribution is 5.91. The van der Waals surface area contributed by atoms with Crippen LogP contribution in [0, 0.1) is 0 Å². The fraction of sp³-hybridized carbons (Fsp3) is 0.200. The number of hydrogen-bond acceptors (Lipinski definition) is 5. The smallest absolute Gasteiger partial charge is 0.216 e. The Balaban J connectivity index is 2.13. The number of hydrogen-bond donors (Lipinski definition) is 0. The molecule has 0 radical (unpaired) electrons.